The minimum absolute atomic E-state index is 0.0672. The normalized spacial score (nSPS) is 11.3. The van der Waals surface area contributed by atoms with Crippen LogP contribution in [0, 0.1) is 6.92 Å². The average molecular weight is 314 g/mol. The maximum atomic E-state index is 11.6. The maximum Gasteiger partial charge on any atom is 0.252 e. The van der Waals surface area contributed by atoms with E-state index in [-0.39, 0.29) is 22.9 Å². The fourth-order valence-corrected chi connectivity index (χ4v) is 2.05. The van der Waals surface area contributed by atoms with Crippen molar-refractivity contribution in [1.29, 1.82) is 0 Å². The summed E-state index contributed by atoms with van der Waals surface area (Å²) in [4.78, 5) is 19.9. The van der Waals surface area contributed by atoms with E-state index in [1.54, 1.807) is 6.07 Å². The van der Waals surface area contributed by atoms with E-state index < -0.39 is 5.91 Å². The fraction of sp³-hybridized carbons (Fsp3) is 0.200. The van der Waals surface area contributed by atoms with E-state index >= 15 is 0 Å². The molecule has 0 aliphatic carbocycles. The lowest BCUT2D eigenvalue weighted by molar-refractivity contribution is 0.0999. The number of aromatic nitrogens is 2. The molecule has 2 aromatic rings. The number of anilines is 1. The first-order valence-corrected chi connectivity index (χ1v) is 6.97. The summed E-state index contributed by atoms with van der Waals surface area (Å²) in [6, 6.07) is 7.28. The van der Waals surface area contributed by atoms with Crippen molar-refractivity contribution in [2.24, 2.45) is 16.6 Å². The molecule has 6 N–H and O–H groups in total. The molecule has 0 saturated heterocycles. The van der Waals surface area contributed by atoms with Crippen molar-refractivity contribution < 1.29 is 10.0 Å². The molecule has 1 aromatic heterocycles. The molecule has 0 radical (unpaired) electrons. The van der Waals surface area contributed by atoms with E-state index in [0.717, 1.165) is 5.56 Å². The maximum absolute atomic E-state index is 11.6. The predicted molar refractivity (Wildman–Crippen MR) is 86.7 cm³/mol. The number of rotatable bonds is 6. The van der Waals surface area contributed by atoms with Gasteiger partial charge in [0.1, 0.15) is 11.4 Å². The van der Waals surface area contributed by atoms with Crippen molar-refractivity contribution in [3.63, 3.8) is 0 Å². The second-order valence-corrected chi connectivity index (χ2v) is 4.85. The molecule has 0 unspecified atom stereocenters. The topological polar surface area (TPSA) is 140 Å². The summed E-state index contributed by atoms with van der Waals surface area (Å²) in [5, 5.41) is 15.6. The molecule has 0 saturated carbocycles. The minimum Gasteiger partial charge on any atom is -0.410 e. The molecule has 8 nitrogen and oxygen atoms in total. The molecule has 0 aliphatic rings. The van der Waals surface area contributed by atoms with Crippen LogP contribution >= 0.6 is 0 Å². The monoisotopic (exact) mass is 314 g/mol. The summed E-state index contributed by atoms with van der Waals surface area (Å²) in [6.45, 7) is 2.77. The van der Waals surface area contributed by atoms with Gasteiger partial charge in [-0.15, -0.1) is 0 Å². The first-order valence-electron chi connectivity index (χ1n) is 6.97. The molecule has 0 atom stereocenters. The standard InChI is InChI=1S/C15H18N6O2/c1-9-3-2-4-10(7-9)12(21-23)13-11(14(17)22)8-19-15(20-13)18-6-5-16/h2-4,7-8,23H,5-6,16H2,1H3,(H2,17,22)(H,18,19,20)/b21-12+. The molecule has 23 heavy (non-hydrogen) atoms. The molecule has 2 rings (SSSR count). The minimum atomic E-state index is -0.709. The molecule has 1 amide bonds. The Bertz CT molecular complexity index is 744. The zero-order valence-electron chi connectivity index (χ0n) is 12.7. The molecule has 0 spiro atoms. The molecule has 0 bridgehead atoms. The largest absolute Gasteiger partial charge is 0.410 e. The van der Waals surface area contributed by atoms with Gasteiger partial charge in [0.05, 0.1) is 5.56 Å². The lowest BCUT2D eigenvalue weighted by Gasteiger charge is -2.11. The Labute approximate surface area is 133 Å². The van der Waals surface area contributed by atoms with Crippen molar-refractivity contribution in [1.82, 2.24) is 9.97 Å². The van der Waals surface area contributed by atoms with Crippen molar-refractivity contribution in [2.75, 3.05) is 18.4 Å². The van der Waals surface area contributed by atoms with Crippen LogP contribution in [0.25, 0.3) is 0 Å². The van der Waals surface area contributed by atoms with E-state index in [0.29, 0.717) is 18.7 Å². The Hall–Kier alpha value is -3.00. The van der Waals surface area contributed by atoms with E-state index in [1.165, 1.54) is 6.20 Å². The molecule has 1 aromatic carbocycles. The van der Waals surface area contributed by atoms with Crippen LogP contribution in [0.4, 0.5) is 5.95 Å². The van der Waals surface area contributed by atoms with E-state index in [2.05, 4.69) is 20.4 Å². The van der Waals surface area contributed by atoms with Gasteiger partial charge in [-0.2, -0.15) is 0 Å². The number of amides is 1. The Morgan fingerprint density at radius 3 is 2.83 bits per heavy atom. The van der Waals surface area contributed by atoms with Crippen LogP contribution in [0.15, 0.2) is 35.6 Å². The van der Waals surface area contributed by atoms with Crippen molar-refractivity contribution in [3.8, 4) is 0 Å². The smallest absolute Gasteiger partial charge is 0.252 e. The number of benzene rings is 1. The van der Waals surface area contributed by atoms with Crippen LogP contribution in [-0.2, 0) is 0 Å². The third kappa shape index (κ3) is 3.80. The number of hydrogen-bond donors (Lipinski definition) is 4. The predicted octanol–water partition coefficient (Wildman–Crippen LogP) is 0.481. The molecule has 8 heteroatoms. The van der Waals surface area contributed by atoms with Gasteiger partial charge in [0.25, 0.3) is 5.91 Å². The Morgan fingerprint density at radius 1 is 1.43 bits per heavy atom. The number of hydrogen-bond acceptors (Lipinski definition) is 7. The van der Waals surface area contributed by atoms with Crippen LogP contribution in [-0.4, -0.2) is 39.9 Å². The number of primary amides is 1. The van der Waals surface area contributed by atoms with Gasteiger partial charge in [0.15, 0.2) is 0 Å². The van der Waals surface area contributed by atoms with Gasteiger partial charge in [-0.05, 0) is 13.0 Å². The highest BCUT2D eigenvalue weighted by molar-refractivity contribution is 6.16. The van der Waals surface area contributed by atoms with E-state index in [9.17, 15) is 10.0 Å². The van der Waals surface area contributed by atoms with Gasteiger partial charge in [0.2, 0.25) is 5.95 Å². The van der Waals surface area contributed by atoms with Gasteiger partial charge in [-0.3, -0.25) is 4.79 Å². The SMILES string of the molecule is Cc1cccc(/C(=N\O)c2nc(NCCN)ncc2C(N)=O)c1. The van der Waals surface area contributed by atoms with Gasteiger partial charge in [-0.25, -0.2) is 9.97 Å². The van der Waals surface area contributed by atoms with Crippen LogP contribution in [0.1, 0.15) is 27.2 Å². The Kier molecular flexibility index (Phi) is 5.21. The van der Waals surface area contributed by atoms with Crippen molar-refractivity contribution >= 4 is 17.6 Å². The molecule has 120 valence electrons. The summed E-state index contributed by atoms with van der Waals surface area (Å²) in [7, 11) is 0. The summed E-state index contributed by atoms with van der Waals surface area (Å²) >= 11 is 0. The highest BCUT2D eigenvalue weighted by Crippen LogP contribution is 2.16. The summed E-state index contributed by atoms with van der Waals surface area (Å²) in [6.07, 6.45) is 1.30. The zero-order valence-corrected chi connectivity index (χ0v) is 12.7. The summed E-state index contributed by atoms with van der Waals surface area (Å²) in [5.41, 5.74) is 12.7. The highest BCUT2D eigenvalue weighted by Gasteiger charge is 2.19. The number of carbonyl (C=O) groups is 1. The molecular formula is C15H18N6O2. The third-order valence-corrected chi connectivity index (χ3v) is 3.10. The number of nitrogens with one attached hydrogen (secondary N) is 1. The zero-order chi connectivity index (χ0) is 16.8. The van der Waals surface area contributed by atoms with E-state index in [4.69, 9.17) is 11.5 Å². The second kappa shape index (κ2) is 7.32. The molecular weight excluding hydrogens is 296 g/mol. The number of nitrogens with two attached hydrogens (primary N) is 2. The number of carbonyl (C=O) groups excluding carboxylic acids is 1. The van der Waals surface area contributed by atoms with Gasteiger partial charge in [-0.1, -0.05) is 28.9 Å². The average Bonchev–Trinajstić information content (AvgIpc) is 2.53. The van der Waals surface area contributed by atoms with Gasteiger partial charge in [0, 0.05) is 24.8 Å². The Balaban J connectivity index is 2.55. The lowest BCUT2D eigenvalue weighted by Crippen LogP contribution is -2.22. The van der Waals surface area contributed by atoms with Crippen LogP contribution in [0.3, 0.4) is 0 Å². The molecule has 0 fully saturated rings. The number of nitrogens with zero attached hydrogens (tertiary/aromatic N) is 3. The van der Waals surface area contributed by atoms with E-state index in [1.807, 2.05) is 25.1 Å². The number of aryl methyl sites for hydroxylation is 1. The van der Waals surface area contributed by atoms with Crippen molar-refractivity contribution in [2.45, 2.75) is 6.92 Å². The first-order chi connectivity index (χ1) is 11.1. The van der Waals surface area contributed by atoms with Crippen LogP contribution < -0.4 is 16.8 Å². The first kappa shape index (κ1) is 16.4. The third-order valence-electron chi connectivity index (χ3n) is 3.10. The summed E-state index contributed by atoms with van der Waals surface area (Å²) in [5.74, 6) is -0.441. The number of oxime groups is 1. The van der Waals surface area contributed by atoms with Gasteiger partial charge >= 0.3 is 0 Å². The second-order valence-electron chi connectivity index (χ2n) is 4.85. The fourth-order valence-electron chi connectivity index (χ4n) is 2.05. The van der Waals surface area contributed by atoms with Crippen molar-refractivity contribution in [3.05, 3.63) is 52.8 Å². The molecule has 0 aliphatic heterocycles. The van der Waals surface area contributed by atoms with Crippen LogP contribution in [0.5, 0.6) is 0 Å². The Morgan fingerprint density at radius 2 is 2.22 bits per heavy atom. The van der Waals surface area contributed by atoms with Gasteiger partial charge < -0.3 is 22.0 Å². The lowest BCUT2D eigenvalue weighted by atomic mass is 10.0. The highest BCUT2D eigenvalue weighted by atomic mass is 16.4. The quantitative estimate of drug-likeness (QED) is 0.347. The summed E-state index contributed by atoms with van der Waals surface area (Å²) < 4.78 is 0. The molecule has 1 heterocycles. The van der Waals surface area contributed by atoms with Crippen LogP contribution in [0.2, 0.25) is 0 Å².